The molecule has 0 bridgehead atoms. The second-order valence-electron chi connectivity index (χ2n) is 3.96. The van der Waals surface area contributed by atoms with E-state index < -0.39 is 16.8 Å². The molecule has 0 aliphatic heterocycles. The molecule has 0 aliphatic carbocycles. The lowest BCUT2D eigenvalue weighted by Crippen LogP contribution is -2.05. The molecule has 0 amide bonds. The van der Waals surface area contributed by atoms with Crippen LogP contribution in [0.25, 0.3) is 0 Å². The van der Waals surface area contributed by atoms with Crippen LogP contribution in [0.3, 0.4) is 0 Å². The van der Waals surface area contributed by atoms with Crippen LogP contribution in [0.4, 0.5) is 0 Å². The van der Waals surface area contributed by atoms with Crippen molar-refractivity contribution in [1.29, 1.82) is 0 Å². The molecular weight excluding hydrogens is 332 g/mol. The van der Waals surface area contributed by atoms with Crippen LogP contribution in [-0.4, -0.2) is 25.1 Å². The first-order valence-electron chi connectivity index (χ1n) is 5.36. The van der Waals surface area contributed by atoms with Crippen molar-refractivity contribution in [3.8, 4) is 0 Å². The lowest BCUT2D eigenvalue weighted by atomic mass is 10.2. The Hall–Kier alpha value is -1.47. The van der Waals surface area contributed by atoms with Gasteiger partial charge in [-0.1, -0.05) is 15.9 Å². The van der Waals surface area contributed by atoms with E-state index in [1.807, 2.05) is 0 Å². The number of rotatable bonds is 4. The Labute approximate surface area is 120 Å². The average molecular weight is 343 g/mol. The number of carboxylic acids is 1. The van der Waals surface area contributed by atoms with Crippen LogP contribution in [-0.2, 0) is 23.6 Å². The summed E-state index contributed by atoms with van der Waals surface area (Å²) in [7, 11) is 0.344. The molecule has 2 aromatic rings. The first kappa shape index (κ1) is 14.0. The van der Waals surface area contributed by atoms with Gasteiger partial charge in [0.15, 0.2) is 0 Å². The smallest absolute Gasteiger partial charge is 0.336 e. The monoisotopic (exact) mass is 342 g/mol. The third-order valence-electron chi connectivity index (χ3n) is 2.48. The summed E-state index contributed by atoms with van der Waals surface area (Å²) >= 11 is 3.26. The molecule has 0 spiro atoms. The van der Waals surface area contributed by atoms with E-state index in [1.165, 1.54) is 6.07 Å². The first-order valence-corrected chi connectivity index (χ1v) is 7.47. The topological polar surface area (TPSA) is 72.2 Å². The molecule has 0 fully saturated rings. The normalized spacial score (nSPS) is 12.3. The predicted octanol–water partition coefficient (Wildman–Crippen LogP) is 2.19. The predicted molar refractivity (Wildman–Crippen MR) is 74.4 cm³/mol. The Morgan fingerprint density at radius 2 is 2.26 bits per heavy atom. The number of carboxylic acid groups (broad SMARTS) is 1. The number of hydrogen-bond donors (Lipinski definition) is 1. The third-order valence-corrected chi connectivity index (χ3v) is 4.39. The van der Waals surface area contributed by atoms with Crippen molar-refractivity contribution >= 4 is 32.7 Å². The highest BCUT2D eigenvalue weighted by molar-refractivity contribution is 9.10. The lowest BCUT2D eigenvalue weighted by molar-refractivity contribution is 0.0693. The number of benzene rings is 1. The van der Waals surface area contributed by atoms with Crippen molar-refractivity contribution in [2.24, 2.45) is 7.05 Å². The van der Waals surface area contributed by atoms with E-state index in [0.29, 0.717) is 9.37 Å². The van der Waals surface area contributed by atoms with Gasteiger partial charge in [-0.05, 0) is 18.2 Å². The minimum Gasteiger partial charge on any atom is -0.478 e. The Morgan fingerprint density at radius 3 is 2.84 bits per heavy atom. The second-order valence-corrected chi connectivity index (χ2v) is 6.29. The van der Waals surface area contributed by atoms with Gasteiger partial charge < -0.3 is 5.11 Å². The number of carbonyl (C=O) groups is 1. The molecule has 100 valence electrons. The minimum atomic E-state index is -1.43. The van der Waals surface area contributed by atoms with E-state index >= 15 is 0 Å². The van der Waals surface area contributed by atoms with Crippen LogP contribution in [0.15, 0.2) is 40.0 Å². The molecule has 1 aromatic carbocycles. The van der Waals surface area contributed by atoms with Crippen molar-refractivity contribution < 1.29 is 14.1 Å². The molecule has 1 heterocycles. The zero-order valence-electron chi connectivity index (χ0n) is 10.0. The number of halogens is 1. The van der Waals surface area contributed by atoms with Gasteiger partial charge in [0.05, 0.1) is 33.2 Å². The fourth-order valence-electron chi connectivity index (χ4n) is 1.64. The Balaban J connectivity index is 2.32. The summed E-state index contributed by atoms with van der Waals surface area (Å²) in [6, 6.07) is 4.65. The van der Waals surface area contributed by atoms with E-state index in [-0.39, 0.29) is 11.3 Å². The number of aromatic nitrogens is 2. The molecule has 2 rings (SSSR count). The summed E-state index contributed by atoms with van der Waals surface area (Å²) in [6.45, 7) is 0. The Kier molecular flexibility index (Phi) is 4.16. The SMILES string of the molecule is Cn1cc(CS(=O)c2cc(Br)ccc2C(=O)O)cn1. The molecule has 1 atom stereocenters. The standard InChI is InChI=1S/C12H11BrN2O3S/c1-15-6-8(5-14-15)7-19(18)11-4-9(13)2-3-10(11)12(16)17/h2-6H,7H2,1H3,(H,16,17). The van der Waals surface area contributed by atoms with Crippen molar-refractivity contribution in [2.75, 3.05) is 0 Å². The van der Waals surface area contributed by atoms with E-state index in [1.54, 1.807) is 36.3 Å². The van der Waals surface area contributed by atoms with Gasteiger partial charge in [-0.15, -0.1) is 0 Å². The van der Waals surface area contributed by atoms with Crippen molar-refractivity contribution in [2.45, 2.75) is 10.6 Å². The molecule has 0 saturated carbocycles. The van der Waals surface area contributed by atoms with Gasteiger partial charge in [-0.25, -0.2) is 4.79 Å². The molecule has 1 aromatic heterocycles. The van der Waals surface area contributed by atoms with Gasteiger partial charge in [0.25, 0.3) is 0 Å². The molecule has 1 unspecified atom stereocenters. The Bertz CT molecular complexity index is 654. The van der Waals surface area contributed by atoms with Crippen LogP contribution in [0.1, 0.15) is 15.9 Å². The van der Waals surface area contributed by atoms with Gasteiger partial charge >= 0.3 is 5.97 Å². The minimum absolute atomic E-state index is 0.0606. The molecular formula is C12H11BrN2O3S. The van der Waals surface area contributed by atoms with Crippen molar-refractivity contribution in [3.63, 3.8) is 0 Å². The highest BCUT2D eigenvalue weighted by Gasteiger charge is 2.16. The largest absolute Gasteiger partial charge is 0.478 e. The highest BCUT2D eigenvalue weighted by atomic mass is 79.9. The maximum absolute atomic E-state index is 12.3. The average Bonchev–Trinajstić information content (AvgIpc) is 2.74. The summed E-state index contributed by atoms with van der Waals surface area (Å²) in [5.41, 5.74) is 0.863. The van der Waals surface area contributed by atoms with Gasteiger partial charge in [0.1, 0.15) is 0 Å². The molecule has 19 heavy (non-hydrogen) atoms. The number of aromatic carboxylic acids is 1. The number of hydrogen-bond acceptors (Lipinski definition) is 3. The second kappa shape index (κ2) is 5.66. The fraction of sp³-hybridized carbons (Fsp3) is 0.167. The molecule has 0 radical (unpaired) electrons. The van der Waals surface area contributed by atoms with Crippen LogP contribution in [0.2, 0.25) is 0 Å². The fourth-order valence-corrected chi connectivity index (χ4v) is 3.42. The zero-order chi connectivity index (χ0) is 14.0. The van der Waals surface area contributed by atoms with Gasteiger partial charge in [0, 0.05) is 23.3 Å². The summed E-state index contributed by atoms with van der Waals surface area (Å²) in [6.07, 6.45) is 3.38. The molecule has 7 heteroatoms. The van der Waals surface area contributed by atoms with Crippen molar-refractivity contribution in [1.82, 2.24) is 9.78 Å². The summed E-state index contributed by atoms with van der Waals surface area (Å²) < 4.78 is 14.6. The van der Waals surface area contributed by atoms with E-state index in [2.05, 4.69) is 21.0 Å². The van der Waals surface area contributed by atoms with Gasteiger partial charge in [0.2, 0.25) is 0 Å². The summed E-state index contributed by atoms with van der Waals surface area (Å²) in [5.74, 6) is -0.841. The van der Waals surface area contributed by atoms with Crippen LogP contribution >= 0.6 is 15.9 Å². The van der Waals surface area contributed by atoms with Gasteiger partial charge in [-0.3, -0.25) is 8.89 Å². The van der Waals surface area contributed by atoms with E-state index in [4.69, 9.17) is 5.11 Å². The Morgan fingerprint density at radius 1 is 1.53 bits per heavy atom. The lowest BCUT2D eigenvalue weighted by Gasteiger charge is -2.06. The van der Waals surface area contributed by atoms with Gasteiger partial charge in [-0.2, -0.15) is 5.10 Å². The van der Waals surface area contributed by atoms with Crippen molar-refractivity contribution in [3.05, 3.63) is 46.2 Å². The molecule has 1 N–H and O–H groups in total. The maximum Gasteiger partial charge on any atom is 0.336 e. The molecule has 0 aliphatic rings. The van der Waals surface area contributed by atoms with Crippen LogP contribution in [0, 0.1) is 0 Å². The third kappa shape index (κ3) is 3.30. The summed E-state index contributed by atoms with van der Waals surface area (Å²) in [5, 5.41) is 13.1. The van der Waals surface area contributed by atoms with Crippen LogP contribution in [0.5, 0.6) is 0 Å². The zero-order valence-corrected chi connectivity index (χ0v) is 12.4. The quantitative estimate of drug-likeness (QED) is 0.924. The van der Waals surface area contributed by atoms with Crippen LogP contribution < -0.4 is 0 Å². The molecule has 5 nitrogen and oxygen atoms in total. The van der Waals surface area contributed by atoms with E-state index in [0.717, 1.165) is 5.56 Å². The number of nitrogens with zero attached hydrogens (tertiary/aromatic N) is 2. The summed E-state index contributed by atoms with van der Waals surface area (Å²) in [4.78, 5) is 11.4. The van der Waals surface area contributed by atoms with E-state index in [9.17, 15) is 9.00 Å². The highest BCUT2D eigenvalue weighted by Crippen LogP contribution is 2.22. The number of aryl methyl sites for hydroxylation is 1. The maximum atomic E-state index is 12.3. The first-order chi connectivity index (χ1) is 8.97. The molecule has 0 saturated heterocycles.